The molecular formula is C10H12Cl2N2OS. The van der Waals surface area contributed by atoms with E-state index in [4.69, 9.17) is 23.2 Å². The minimum Gasteiger partial charge on any atom is -0.349 e. The van der Waals surface area contributed by atoms with Gasteiger partial charge in [0.05, 0.1) is 12.0 Å². The van der Waals surface area contributed by atoms with Crippen LogP contribution in [0.1, 0.15) is 24.0 Å². The maximum Gasteiger partial charge on any atom is 0.229 e. The van der Waals surface area contributed by atoms with Gasteiger partial charge in [-0.05, 0) is 20.3 Å². The lowest BCUT2D eigenvalue weighted by molar-refractivity contribution is -0.125. The highest BCUT2D eigenvalue weighted by atomic mass is 35.5. The zero-order valence-electron chi connectivity index (χ0n) is 9.01. The number of alkyl halides is 2. The van der Waals surface area contributed by atoms with Crippen LogP contribution in [0.3, 0.4) is 0 Å². The number of nitrogens with zero attached hydrogens (tertiary/aromatic N) is 1. The number of rotatable bonds is 3. The fourth-order valence-electron chi connectivity index (χ4n) is 1.48. The van der Waals surface area contributed by atoms with Gasteiger partial charge in [-0.3, -0.25) is 4.79 Å². The second-order valence-electron chi connectivity index (χ2n) is 4.28. The first kappa shape index (κ1) is 12.1. The van der Waals surface area contributed by atoms with Crippen molar-refractivity contribution in [3.8, 4) is 0 Å². The van der Waals surface area contributed by atoms with Crippen LogP contribution in [0, 0.1) is 12.3 Å². The van der Waals surface area contributed by atoms with E-state index in [1.54, 1.807) is 6.92 Å². The zero-order chi connectivity index (χ0) is 12.0. The molecule has 6 heteroatoms. The minimum absolute atomic E-state index is 0.106. The van der Waals surface area contributed by atoms with Gasteiger partial charge in [-0.25, -0.2) is 4.98 Å². The Morgan fingerprint density at radius 2 is 2.31 bits per heavy atom. The van der Waals surface area contributed by atoms with Gasteiger partial charge in [0.2, 0.25) is 5.91 Å². The second-order valence-corrected chi connectivity index (χ2v) is 6.71. The van der Waals surface area contributed by atoms with Crippen LogP contribution >= 0.6 is 34.5 Å². The van der Waals surface area contributed by atoms with Crippen molar-refractivity contribution >= 4 is 40.4 Å². The topological polar surface area (TPSA) is 42.0 Å². The van der Waals surface area contributed by atoms with E-state index < -0.39 is 9.75 Å². The smallest absolute Gasteiger partial charge is 0.229 e. The monoisotopic (exact) mass is 278 g/mol. The van der Waals surface area contributed by atoms with Crippen molar-refractivity contribution in [3.05, 3.63) is 16.1 Å². The van der Waals surface area contributed by atoms with Crippen molar-refractivity contribution in [2.45, 2.75) is 31.1 Å². The van der Waals surface area contributed by atoms with Crippen molar-refractivity contribution in [1.82, 2.24) is 10.3 Å². The lowest BCUT2D eigenvalue weighted by Crippen LogP contribution is -2.32. The summed E-state index contributed by atoms with van der Waals surface area (Å²) in [5.74, 6) is -0.106. The maximum atomic E-state index is 11.8. The summed E-state index contributed by atoms with van der Waals surface area (Å²) < 4.78 is -0.907. The Balaban J connectivity index is 1.90. The molecule has 0 bridgehead atoms. The van der Waals surface area contributed by atoms with E-state index >= 15 is 0 Å². The van der Waals surface area contributed by atoms with Crippen molar-refractivity contribution in [1.29, 1.82) is 0 Å². The second kappa shape index (κ2) is 3.86. The molecule has 1 aromatic heterocycles. The lowest BCUT2D eigenvalue weighted by Gasteiger charge is -2.11. The van der Waals surface area contributed by atoms with Crippen molar-refractivity contribution in [3.63, 3.8) is 0 Å². The Labute approximate surface area is 108 Å². The Hall–Kier alpha value is -0.320. The van der Waals surface area contributed by atoms with Crippen molar-refractivity contribution in [2.24, 2.45) is 5.41 Å². The van der Waals surface area contributed by atoms with Gasteiger partial charge in [0.15, 0.2) is 0 Å². The average molecular weight is 279 g/mol. The molecule has 2 rings (SSSR count). The van der Waals surface area contributed by atoms with Crippen LogP contribution in [0.25, 0.3) is 0 Å². The predicted octanol–water partition coefficient (Wildman–Crippen LogP) is 2.65. The summed E-state index contributed by atoms with van der Waals surface area (Å²) in [6, 6.07) is 0. The highest BCUT2D eigenvalue weighted by molar-refractivity contribution is 7.09. The lowest BCUT2D eigenvalue weighted by atomic mass is 10.1. The molecule has 1 heterocycles. The standard InChI is InChI=1S/C10H12Cl2N2OS/c1-6-4-16-7(14-6)3-13-8(15)9(2)5-10(9,11)12/h4H,3,5H2,1-2H3,(H,13,15)/t9-/m0/s1. The molecule has 1 atom stereocenters. The van der Waals surface area contributed by atoms with Crippen LogP contribution in [-0.2, 0) is 11.3 Å². The number of aromatic nitrogens is 1. The third-order valence-electron chi connectivity index (χ3n) is 2.83. The van der Waals surface area contributed by atoms with Gasteiger partial charge < -0.3 is 5.32 Å². The van der Waals surface area contributed by atoms with Crippen molar-refractivity contribution < 1.29 is 4.79 Å². The quantitative estimate of drug-likeness (QED) is 0.864. The molecule has 1 saturated carbocycles. The molecule has 0 aromatic carbocycles. The number of nitrogens with one attached hydrogen (secondary N) is 1. The van der Waals surface area contributed by atoms with Gasteiger partial charge in [-0.1, -0.05) is 0 Å². The van der Waals surface area contributed by atoms with E-state index in [1.807, 2.05) is 12.3 Å². The normalized spacial score (nSPS) is 26.5. The summed E-state index contributed by atoms with van der Waals surface area (Å²) >= 11 is 13.4. The first-order valence-corrected chi connectivity index (χ1v) is 6.56. The van der Waals surface area contributed by atoms with Gasteiger partial charge in [0, 0.05) is 11.1 Å². The number of carbonyl (C=O) groups is 1. The highest BCUT2D eigenvalue weighted by Gasteiger charge is 2.67. The summed E-state index contributed by atoms with van der Waals surface area (Å²) in [6.07, 6.45) is 0.506. The Kier molecular flexibility index (Phi) is 2.93. The fourth-order valence-corrected chi connectivity index (χ4v) is 2.90. The molecule has 0 unspecified atom stereocenters. The van der Waals surface area contributed by atoms with Gasteiger partial charge in [-0.15, -0.1) is 34.5 Å². The molecule has 1 amide bonds. The Bertz CT molecular complexity index is 432. The molecule has 0 aliphatic heterocycles. The molecular weight excluding hydrogens is 267 g/mol. The third-order valence-corrected chi connectivity index (χ3v) is 4.89. The molecule has 1 aliphatic carbocycles. The number of halogens is 2. The first-order chi connectivity index (χ1) is 7.35. The molecule has 0 spiro atoms. The van der Waals surface area contributed by atoms with Crippen LogP contribution in [-0.4, -0.2) is 15.2 Å². The molecule has 3 nitrogen and oxygen atoms in total. The van der Waals surface area contributed by atoms with Crippen LogP contribution in [0.2, 0.25) is 0 Å². The Morgan fingerprint density at radius 1 is 1.69 bits per heavy atom. The SMILES string of the molecule is Cc1csc(CNC(=O)[C@]2(C)CC2(Cl)Cl)n1. The fraction of sp³-hybridized carbons (Fsp3) is 0.600. The van der Waals surface area contributed by atoms with E-state index in [9.17, 15) is 4.79 Å². The summed E-state index contributed by atoms with van der Waals surface area (Å²) in [5.41, 5.74) is 0.318. The largest absolute Gasteiger partial charge is 0.349 e. The molecule has 88 valence electrons. The van der Waals surface area contributed by atoms with E-state index in [-0.39, 0.29) is 5.91 Å². The molecule has 0 saturated heterocycles. The summed E-state index contributed by atoms with van der Waals surface area (Å²) in [5, 5.41) is 5.66. The molecule has 16 heavy (non-hydrogen) atoms. The zero-order valence-corrected chi connectivity index (χ0v) is 11.3. The van der Waals surface area contributed by atoms with E-state index in [0.717, 1.165) is 10.7 Å². The molecule has 1 fully saturated rings. The number of thiazole rings is 1. The van der Waals surface area contributed by atoms with E-state index in [0.29, 0.717) is 13.0 Å². The third kappa shape index (κ3) is 2.06. The highest BCUT2D eigenvalue weighted by Crippen LogP contribution is 2.63. The summed E-state index contributed by atoms with van der Waals surface area (Å²) in [7, 11) is 0. The molecule has 1 aromatic rings. The Morgan fingerprint density at radius 3 is 2.75 bits per heavy atom. The number of hydrogen-bond donors (Lipinski definition) is 1. The van der Waals surface area contributed by atoms with Crippen molar-refractivity contribution in [2.75, 3.05) is 0 Å². The van der Waals surface area contributed by atoms with Gasteiger partial charge in [0.1, 0.15) is 9.34 Å². The molecule has 1 N–H and O–H groups in total. The molecule has 0 radical (unpaired) electrons. The summed E-state index contributed by atoms with van der Waals surface area (Å²) in [4.78, 5) is 16.1. The number of amides is 1. The number of carbonyl (C=O) groups excluding carboxylic acids is 1. The molecule has 1 aliphatic rings. The van der Waals surface area contributed by atoms with Crippen LogP contribution in [0.5, 0.6) is 0 Å². The van der Waals surface area contributed by atoms with Crippen LogP contribution in [0.15, 0.2) is 5.38 Å². The van der Waals surface area contributed by atoms with Crippen LogP contribution < -0.4 is 5.32 Å². The summed E-state index contributed by atoms with van der Waals surface area (Å²) in [6.45, 7) is 4.14. The van der Waals surface area contributed by atoms with Gasteiger partial charge >= 0.3 is 0 Å². The van der Waals surface area contributed by atoms with Crippen LogP contribution in [0.4, 0.5) is 0 Å². The average Bonchev–Trinajstić information content (AvgIpc) is 2.57. The first-order valence-electron chi connectivity index (χ1n) is 4.92. The van der Waals surface area contributed by atoms with E-state index in [1.165, 1.54) is 11.3 Å². The maximum absolute atomic E-state index is 11.8. The number of aryl methyl sites for hydroxylation is 1. The van der Waals surface area contributed by atoms with E-state index in [2.05, 4.69) is 10.3 Å². The predicted molar refractivity (Wildman–Crippen MR) is 65.9 cm³/mol. The number of hydrogen-bond acceptors (Lipinski definition) is 3. The minimum atomic E-state index is -0.907. The van der Waals surface area contributed by atoms with Gasteiger partial charge in [-0.2, -0.15) is 0 Å². The van der Waals surface area contributed by atoms with Gasteiger partial charge in [0.25, 0.3) is 0 Å².